The molecule has 1 saturated carbocycles. The number of carbonyl (C=O) groups excluding carboxylic acids is 1. The van der Waals surface area contributed by atoms with Gasteiger partial charge >= 0.3 is 5.97 Å². The maximum Gasteiger partial charge on any atom is 0.340 e. The Morgan fingerprint density at radius 3 is 2.65 bits per heavy atom. The highest BCUT2D eigenvalue weighted by atomic mass is 32.2. The van der Waals surface area contributed by atoms with E-state index in [0.717, 1.165) is 6.42 Å². The zero-order chi connectivity index (χ0) is 14.8. The van der Waals surface area contributed by atoms with Crippen LogP contribution in [0.15, 0.2) is 24.3 Å². The Hall–Kier alpha value is -1.56. The number of nitrogens with two attached hydrogens (primary N) is 1. The zero-order valence-electron chi connectivity index (χ0n) is 11.4. The number of carbonyl (C=O) groups is 1. The number of hydrogen-bond donors (Lipinski definition) is 1. The lowest BCUT2D eigenvalue weighted by atomic mass is 9.97. The third-order valence-corrected chi connectivity index (χ3v) is 5.28. The average molecular weight is 297 g/mol. The van der Waals surface area contributed by atoms with Gasteiger partial charge in [-0.2, -0.15) is 0 Å². The number of sulfone groups is 1. The lowest BCUT2D eigenvalue weighted by molar-refractivity contribution is 0.0216. The zero-order valence-corrected chi connectivity index (χ0v) is 12.2. The first kappa shape index (κ1) is 14.8. The quantitative estimate of drug-likeness (QED) is 0.679. The van der Waals surface area contributed by atoms with E-state index in [1.54, 1.807) is 24.3 Å². The summed E-state index contributed by atoms with van der Waals surface area (Å²) in [5.41, 5.74) is 6.42. The number of hydrogen-bond acceptors (Lipinski definition) is 5. The van der Waals surface area contributed by atoms with Gasteiger partial charge in [-0.25, -0.2) is 13.2 Å². The van der Waals surface area contributed by atoms with Crippen molar-refractivity contribution in [2.75, 3.05) is 12.0 Å². The highest BCUT2D eigenvalue weighted by Crippen LogP contribution is 2.27. The number of nitrogen functional groups attached to an aromatic ring is 1. The molecule has 1 aliphatic rings. The van der Waals surface area contributed by atoms with E-state index in [1.165, 1.54) is 6.26 Å². The van der Waals surface area contributed by atoms with Crippen molar-refractivity contribution in [1.29, 1.82) is 0 Å². The molecule has 20 heavy (non-hydrogen) atoms. The largest absolute Gasteiger partial charge is 0.459 e. The van der Waals surface area contributed by atoms with Crippen LogP contribution in [-0.2, 0) is 14.6 Å². The Kier molecular flexibility index (Phi) is 4.32. The van der Waals surface area contributed by atoms with Gasteiger partial charge in [0, 0.05) is 18.4 Å². The molecule has 110 valence electrons. The van der Waals surface area contributed by atoms with Crippen molar-refractivity contribution in [3.63, 3.8) is 0 Å². The van der Waals surface area contributed by atoms with Crippen molar-refractivity contribution < 1.29 is 17.9 Å². The summed E-state index contributed by atoms with van der Waals surface area (Å²) in [7, 11) is -3.08. The number of benzene rings is 1. The number of ether oxygens (including phenoxy) is 1. The van der Waals surface area contributed by atoms with Crippen molar-refractivity contribution in [1.82, 2.24) is 0 Å². The molecule has 2 N–H and O–H groups in total. The molecule has 0 bridgehead atoms. The van der Waals surface area contributed by atoms with E-state index in [0.29, 0.717) is 30.5 Å². The summed E-state index contributed by atoms with van der Waals surface area (Å²) in [4.78, 5) is 12.0. The summed E-state index contributed by atoms with van der Waals surface area (Å²) in [5.74, 6) is -0.484. The van der Waals surface area contributed by atoms with E-state index in [4.69, 9.17) is 10.5 Å². The summed E-state index contributed by atoms with van der Waals surface area (Å²) in [6.07, 6.45) is 3.34. The second kappa shape index (κ2) is 5.83. The molecule has 0 aromatic heterocycles. The van der Waals surface area contributed by atoms with Gasteiger partial charge in [0.2, 0.25) is 0 Å². The van der Waals surface area contributed by atoms with Crippen LogP contribution in [0, 0.1) is 0 Å². The summed E-state index contributed by atoms with van der Waals surface area (Å²) in [6, 6.07) is 6.70. The van der Waals surface area contributed by atoms with E-state index in [9.17, 15) is 13.2 Å². The van der Waals surface area contributed by atoms with Gasteiger partial charge in [-0.15, -0.1) is 0 Å². The van der Waals surface area contributed by atoms with Gasteiger partial charge in [0.1, 0.15) is 15.9 Å². The highest BCUT2D eigenvalue weighted by molar-refractivity contribution is 7.91. The number of esters is 1. The van der Waals surface area contributed by atoms with Crippen LogP contribution in [0.25, 0.3) is 0 Å². The summed E-state index contributed by atoms with van der Waals surface area (Å²) in [5, 5.41) is -0.415. The third-order valence-electron chi connectivity index (χ3n) is 3.64. The summed E-state index contributed by atoms with van der Waals surface area (Å²) in [6.45, 7) is 0. The van der Waals surface area contributed by atoms with Crippen LogP contribution in [0.3, 0.4) is 0 Å². The third kappa shape index (κ3) is 3.50. The first-order valence-electron chi connectivity index (χ1n) is 6.62. The fourth-order valence-corrected chi connectivity index (χ4v) is 3.65. The molecule has 1 fully saturated rings. The number of para-hydroxylation sites is 1. The van der Waals surface area contributed by atoms with Crippen LogP contribution < -0.4 is 5.73 Å². The molecule has 2 atom stereocenters. The van der Waals surface area contributed by atoms with E-state index in [1.807, 2.05) is 0 Å². The minimum Gasteiger partial charge on any atom is -0.459 e. The molecule has 6 heteroatoms. The Labute approximate surface area is 119 Å². The highest BCUT2D eigenvalue weighted by Gasteiger charge is 2.31. The Bertz CT molecular complexity index is 597. The van der Waals surface area contributed by atoms with E-state index >= 15 is 0 Å². The van der Waals surface area contributed by atoms with Crippen molar-refractivity contribution in [2.24, 2.45) is 0 Å². The van der Waals surface area contributed by atoms with Crippen LogP contribution in [0.1, 0.15) is 36.0 Å². The van der Waals surface area contributed by atoms with Crippen LogP contribution >= 0.6 is 0 Å². The minimum atomic E-state index is -3.08. The van der Waals surface area contributed by atoms with Crippen LogP contribution in [-0.4, -0.2) is 32.0 Å². The molecule has 1 aromatic carbocycles. The molecule has 0 amide bonds. The van der Waals surface area contributed by atoms with Crippen molar-refractivity contribution in [3.8, 4) is 0 Å². The van der Waals surface area contributed by atoms with Crippen LogP contribution in [0.4, 0.5) is 5.69 Å². The number of anilines is 1. The summed E-state index contributed by atoms with van der Waals surface area (Å²) >= 11 is 0. The maximum atomic E-state index is 12.0. The van der Waals surface area contributed by atoms with E-state index in [-0.39, 0.29) is 6.10 Å². The Morgan fingerprint density at radius 2 is 2.00 bits per heavy atom. The average Bonchev–Trinajstić information content (AvgIpc) is 2.38. The van der Waals surface area contributed by atoms with Gasteiger partial charge in [0.15, 0.2) is 0 Å². The second-order valence-electron chi connectivity index (χ2n) is 5.23. The predicted octanol–water partition coefficient (Wildman–Crippen LogP) is 1.78. The van der Waals surface area contributed by atoms with Crippen molar-refractivity contribution >= 4 is 21.5 Å². The SMILES string of the molecule is CS(=O)(=O)C1CCCC(OC(=O)c2ccccc2N)C1. The van der Waals surface area contributed by atoms with Gasteiger partial charge in [0.05, 0.1) is 10.8 Å². The topological polar surface area (TPSA) is 86.5 Å². The first-order valence-corrected chi connectivity index (χ1v) is 8.57. The Morgan fingerprint density at radius 1 is 1.30 bits per heavy atom. The molecule has 1 aromatic rings. The van der Waals surface area contributed by atoms with Gasteiger partial charge in [-0.3, -0.25) is 0 Å². The molecular formula is C14H19NO4S. The minimum absolute atomic E-state index is 0.328. The normalized spacial score (nSPS) is 23.2. The molecule has 2 rings (SSSR count). The van der Waals surface area contributed by atoms with Gasteiger partial charge < -0.3 is 10.5 Å². The monoisotopic (exact) mass is 297 g/mol. The molecule has 1 aliphatic carbocycles. The smallest absolute Gasteiger partial charge is 0.340 e. The van der Waals surface area contributed by atoms with Gasteiger partial charge in [-0.1, -0.05) is 12.1 Å². The molecular weight excluding hydrogens is 278 g/mol. The molecule has 0 radical (unpaired) electrons. The predicted molar refractivity (Wildman–Crippen MR) is 77.2 cm³/mol. The van der Waals surface area contributed by atoms with Crippen molar-refractivity contribution in [3.05, 3.63) is 29.8 Å². The molecule has 0 aliphatic heterocycles. The van der Waals surface area contributed by atoms with Gasteiger partial charge in [0.25, 0.3) is 0 Å². The van der Waals surface area contributed by atoms with E-state index < -0.39 is 21.1 Å². The first-order chi connectivity index (χ1) is 9.38. The van der Waals surface area contributed by atoms with Gasteiger partial charge in [-0.05, 0) is 31.4 Å². The second-order valence-corrected chi connectivity index (χ2v) is 7.56. The Balaban J connectivity index is 2.03. The maximum absolute atomic E-state index is 12.0. The van der Waals surface area contributed by atoms with Crippen molar-refractivity contribution in [2.45, 2.75) is 37.0 Å². The van der Waals surface area contributed by atoms with Crippen LogP contribution in [0.2, 0.25) is 0 Å². The standard InChI is InChI=1S/C14H19NO4S/c1-20(17,18)11-6-4-5-10(9-11)19-14(16)12-7-2-3-8-13(12)15/h2-3,7-8,10-11H,4-6,9,15H2,1H3. The van der Waals surface area contributed by atoms with Crippen LogP contribution in [0.5, 0.6) is 0 Å². The molecule has 2 unspecified atom stereocenters. The molecule has 0 spiro atoms. The molecule has 0 saturated heterocycles. The lowest BCUT2D eigenvalue weighted by Crippen LogP contribution is -2.33. The lowest BCUT2D eigenvalue weighted by Gasteiger charge is -2.27. The fourth-order valence-electron chi connectivity index (χ4n) is 2.50. The fraction of sp³-hybridized carbons (Fsp3) is 0.500. The molecule has 0 heterocycles. The number of rotatable bonds is 3. The summed E-state index contributed by atoms with van der Waals surface area (Å²) < 4.78 is 28.6. The molecule has 5 nitrogen and oxygen atoms in total. The van der Waals surface area contributed by atoms with E-state index in [2.05, 4.69) is 0 Å².